The summed E-state index contributed by atoms with van der Waals surface area (Å²) in [5.74, 6) is 0.170. The predicted octanol–water partition coefficient (Wildman–Crippen LogP) is 3.90. The van der Waals surface area contributed by atoms with Gasteiger partial charge in [-0.2, -0.15) is 18.3 Å². The SMILES string of the molecule is CC(=O)N1CCN(CCOc2ccc(NC(=O)c3ccc(C(F)(F)F)cc3)cc2-c2ccnn2C)CC1. The number of alkyl halides is 3. The van der Waals surface area contributed by atoms with Crippen molar-refractivity contribution >= 4 is 17.5 Å². The van der Waals surface area contributed by atoms with Crippen molar-refractivity contribution in [3.63, 3.8) is 0 Å². The maximum atomic E-state index is 12.8. The number of amides is 2. The number of aryl methyl sites for hydroxylation is 1. The molecule has 0 radical (unpaired) electrons. The highest BCUT2D eigenvalue weighted by Crippen LogP contribution is 2.33. The molecule has 0 bridgehead atoms. The zero-order valence-electron chi connectivity index (χ0n) is 20.6. The lowest BCUT2D eigenvalue weighted by Crippen LogP contribution is -2.48. The molecule has 2 aromatic carbocycles. The average Bonchev–Trinajstić information content (AvgIpc) is 3.30. The Morgan fingerprint density at radius 2 is 1.73 bits per heavy atom. The Balaban J connectivity index is 1.44. The largest absolute Gasteiger partial charge is 0.492 e. The smallest absolute Gasteiger partial charge is 0.416 e. The molecule has 196 valence electrons. The van der Waals surface area contributed by atoms with E-state index >= 15 is 0 Å². The Morgan fingerprint density at radius 3 is 2.32 bits per heavy atom. The third-order valence-corrected chi connectivity index (χ3v) is 6.29. The number of hydrogen-bond acceptors (Lipinski definition) is 5. The number of anilines is 1. The molecule has 0 saturated carbocycles. The van der Waals surface area contributed by atoms with Gasteiger partial charge in [0, 0.05) is 69.7 Å². The van der Waals surface area contributed by atoms with Gasteiger partial charge < -0.3 is 15.0 Å². The standard InChI is InChI=1S/C26H28F3N5O3/c1-18(35)34-13-11-33(12-14-34)15-16-37-24-8-7-21(17-22(24)23-9-10-30-32(23)2)31-25(36)19-3-5-20(6-4-19)26(27,28)29/h3-10,17H,11-16H2,1-2H3,(H,31,36). The van der Waals surface area contributed by atoms with Crippen LogP contribution in [0.5, 0.6) is 5.75 Å². The van der Waals surface area contributed by atoms with Crippen molar-refractivity contribution in [1.82, 2.24) is 19.6 Å². The lowest BCUT2D eigenvalue weighted by atomic mass is 10.1. The zero-order valence-corrected chi connectivity index (χ0v) is 20.6. The number of rotatable bonds is 7. The number of halogens is 3. The molecule has 1 aromatic heterocycles. The van der Waals surface area contributed by atoms with Gasteiger partial charge in [0.05, 0.1) is 11.3 Å². The van der Waals surface area contributed by atoms with E-state index in [4.69, 9.17) is 4.74 Å². The van der Waals surface area contributed by atoms with Crippen LogP contribution in [0.4, 0.5) is 18.9 Å². The highest BCUT2D eigenvalue weighted by Gasteiger charge is 2.30. The molecule has 0 unspecified atom stereocenters. The summed E-state index contributed by atoms with van der Waals surface area (Å²) in [6.45, 7) is 5.67. The summed E-state index contributed by atoms with van der Waals surface area (Å²) in [6.07, 6.45) is -2.81. The molecule has 0 spiro atoms. The number of carbonyl (C=O) groups excluding carboxylic acids is 2. The van der Waals surface area contributed by atoms with Gasteiger partial charge in [-0.15, -0.1) is 0 Å². The molecular weight excluding hydrogens is 487 g/mol. The van der Waals surface area contributed by atoms with Crippen molar-refractivity contribution < 1.29 is 27.5 Å². The first kappa shape index (κ1) is 26.2. The summed E-state index contributed by atoms with van der Waals surface area (Å²) >= 11 is 0. The van der Waals surface area contributed by atoms with Crippen molar-refractivity contribution in [2.45, 2.75) is 13.1 Å². The van der Waals surface area contributed by atoms with Crippen molar-refractivity contribution in [1.29, 1.82) is 0 Å². The normalized spacial score (nSPS) is 14.5. The Kier molecular flexibility index (Phi) is 7.82. The first-order valence-corrected chi connectivity index (χ1v) is 11.8. The van der Waals surface area contributed by atoms with Crippen LogP contribution in [0.15, 0.2) is 54.7 Å². The van der Waals surface area contributed by atoms with Crippen molar-refractivity contribution in [3.8, 4) is 17.0 Å². The van der Waals surface area contributed by atoms with Crippen LogP contribution in [0.1, 0.15) is 22.8 Å². The van der Waals surface area contributed by atoms with E-state index < -0.39 is 17.6 Å². The minimum atomic E-state index is -4.47. The predicted molar refractivity (Wildman–Crippen MR) is 132 cm³/mol. The van der Waals surface area contributed by atoms with E-state index in [1.54, 1.807) is 43.0 Å². The van der Waals surface area contributed by atoms with Gasteiger partial charge in [-0.25, -0.2) is 0 Å². The Labute approximate surface area is 212 Å². The fourth-order valence-corrected chi connectivity index (χ4v) is 4.16. The van der Waals surface area contributed by atoms with Gasteiger partial charge in [-0.05, 0) is 48.5 Å². The first-order chi connectivity index (χ1) is 17.6. The van der Waals surface area contributed by atoms with E-state index in [1.807, 2.05) is 11.0 Å². The molecule has 1 N–H and O–H groups in total. The maximum Gasteiger partial charge on any atom is 0.416 e. The zero-order chi connectivity index (χ0) is 26.6. The van der Waals surface area contributed by atoms with Crippen molar-refractivity contribution in [2.75, 3.05) is 44.6 Å². The van der Waals surface area contributed by atoms with E-state index in [0.717, 1.165) is 43.0 Å². The fraction of sp³-hybridized carbons (Fsp3) is 0.346. The molecule has 1 saturated heterocycles. The number of hydrogen-bond donors (Lipinski definition) is 1. The van der Waals surface area contributed by atoms with E-state index in [0.29, 0.717) is 43.2 Å². The number of benzene rings is 2. The van der Waals surface area contributed by atoms with E-state index in [9.17, 15) is 22.8 Å². The topological polar surface area (TPSA) is 79.7 Å². The Hall–Kier alpha value is -3.86. The second-order valence-electron chi connectivity index (χ2n) is 8.78. The molecule has 8 nitrogen and oxygen atoms in total. The number of aromatic nitrogens is 2. The summed E-state index contributed by atoms with van der Waals surface area (Å²) in [7, 11) is 1.79. The number of nitrogens with zero attached hydrogens (tertiary/aromatic N) is 4. The molecule has 2 amide bonds. The molecular formula is C26H28F3N5O3. The van der Waals surface area contributed by atoms with Gasteiger partial charge in [0.2, 0.25) is 5.91 Å². The van der Waals surface area contributed by atoms with Gasteiger partial charge in [-0.3, -0.25) is 19.2 Å². The highest BCUT2D eigenvalue weighted by atomic mass is 19.4. The molecule has 11 heteroatoms. The van der Waals surface area contributed by atoms with Gasteiger partial charge in [0.15, 0.2) is 0 Å². The molecule has 3 aromatic rings. The average molecular weight is 516 g/mol. The van der Waals surface area contributed by atoms with Crippen LogP contribution in [0.3, 0.4) is 0 Å². The lowest BCUT2D eigenvalue weighted by Gasteiger charge is -2.34. The van der Waals surface area contributed by atoms with E-state index in [-0.39, 0.29) is 11.5 Å². The summed E-state index contributed by atoms with van der Waals surface area (Å²) < 4.78 is 46.2. The van der Waals surface area contributed by atoms with Crippen LogP contribution in [0.25, 0.3) is 11.3 Å². The van der Waals surface area contributed by atoms with Gasteiger partial charge in [0.25, 0.3) is 5.91 Å². The number of carbonyl (C=O) groups is 2. The van der Waals surface area contributed by atoms with Crippen molar-refractivity contribution in [3.05, 3.63) is 65.9 Å². The van der Waals surface area contributed by atoms with Crippen LogP contribution in [0, 0.1) is 0 Å². The van der Waals surface area contributed by atoms with Crippen LogP contribution < -0.4 is 10.1 Å². The van der Waals surface area contributed by atoms with Crippen LogP contribution in [0.2, 0.25) is 0 Å². The summed E-state index contributed by atoms with van der Waals surface area (Å²) in [6, 6.07) is 11.1. The summed E-state index contributed by atoms with van der Waals surface area (Å²) in [4.78, 5) is 28.2. The first-order valence-electron chi connectivity index (χ1n) is 11.8. The minimum absolute atomic E-state index is 0.0854. The third kappa shape index (κ3) is 6.48. The Morgan fingerprint density at radius 1 is 1.03 bits per heavy atom. The third-order valence-electron chi connectivity index (χ3n) is 6.29. The molecule has 0 aliphatic carbocycles. The van der Waals surface area contributed by atoms with Gasteiger partial charge in [0.1, 0.15) is 12.4 Å². The number of ether oxygens (including phenoxy) is 1. The fourth-order valence-electron chi connectivity index (χ4n) is 4.16. The van der Waals surface area contributed by atoms with E-state index in [2.05, 4.69) is 15.3 Å². The van der Waals surface area contributed by atoms with Gasteiger partial charge >= 0.3 is 6.18 Å². The molecule has 2 heterocycles. The Bertz CT molecular complexity index is 1250. The van der Waals surface area contributed by atoms with Crippen molar-refractivity contribution in [2.24, 2.45) is 7.05 Å². The highest BCUT2D eigenvalue weighted by molar-refractivity contribution is 6.04. The van der Waals surface area contributed by atoms with Crippen LogP contribution in [-0.4, -0.2) is 70.7 Å². The van der Waals surface area contributed by atoms with Crippen LogP contribution in [-0.2, 0) is 18.0 Å². The van der Waals surface area contributed by atoms with E-state index in [1.165, 1.54) is 0 Å². The second kappa shape index (κ2) is 11.0. The van der Waals surface area contributed by atoms with Gasteiger partial charge in [-0.1, -0.05) is 0 Å². The molecule has 4 rings (SSSR count). The summed E-state index contributed by atoms with van der Waals surface area (Å²) in [5, 5.41) is 6.96. The molecule has 1 aliphatic rings. The van der Waals surface area contributed by atoms with Crippen LogP contribution >= 0.6 is 0 Å². The number of piperazine rings is 1. The lowest BCUT2D eigenvalue weighted by molar-refractivity contribution is -0.137. The molecule has 1 fully saturated rings. The molecule has 0 atom stereocenters. The number of nitrogens with one attached hydrogen (secondary N) is 1. The maximum absolute atomic E-state index is 12.8. The molecule has 37 heavy (non-hydrogen) atoms. The summed E-state index contributed by atoms with van der Waals surface area (Å²) in [5.41, 5.74) is 1.25. The quantitative estimate of drug-likeness (QED) is 0.517. The molecule has 1 aliphatic heterocycles. The minimum Gasteiger partial charge on any atom is -0.492 e. The monoisotopic (exact) mass is 515 g/mol. The second-order valence-corrected chi connectivity index (χ2v) is 8.78.